The second-order valence-electron chi connectivity index (χ2n) is 2.58. The molecule has 1 rings (SSSR count). The maximum Gasteiger partial charge on any atom is 0.684 e. The number of aryl methyl sites for hydroxylation is 1. The van der Waals surface area contributed by atoms with Crippen molar-refractivity contribution in [2.75, 3.05) is 7.11 Å². The summed E-state index contributed by atoms with van der Waals surface area (Å²) in [5.74, 6) is 0.430. The molecule has 0 aliphatic rings. The molecule has 74 valence electrons. The molecule has 0 N–H and O–H groups in total. The van der Waals surface area contributed by atoms with Crippen LogP contribution in [0.2, 0.25) is 0 Å². The van der Waals surface area contributed by atoms with Gasteiger partial charge in [-0.1, -0.05) is 18.2 Å². The van der Waals surface area contributed by atoms with Crippen LogP contribution in [0.1, 0.15) is 5.56 Å². The second-order valence-corrected chi connectivity index (χ2v) is 3.65. The summed E-state index contributed by atoms with van der Waals surface area (Å²) in [5.41, 5.74) is -0.0389. The quantitative estimate of drug-likeness (QED) is 0.724. The van der Waals surface area contributed by atoms with Crippen LogP contribution in [-0.2, 0) is 9.30 Å². The lowest BCUT2D eigenvalue weighted by atomic mass is 10.2. The Labute approximate surface area is 82.7 Å². The summed E-state index contributed by atoms with van der Waals surface area (Å²) < 4.78 is 20.4. The van der Waals surface area contributed by atoms with E-state index >= 15 is 0 Å². The van der Waals surface area contributed by atoms with E-state index in [2.05, 4.69) is 4.74 Å². The summed E-state index contributed by atoms with van der Waals surface area (Å²) in [4.78, 5) is 10.8. The van der Waals surface area contributed by atoms with Gasteiger partial charge in [-0.05, 0) is 23.1 Å². The molecule has 1 aromatic rings. The molecule has 0 saturated heterocycles. The van der Waals surface area contributed by atoms with E-state index < -0.39 is 13.7 Å². The zero-order valence-corrected chi connectivity index (χ0v) is 8.78. The summed E-state index contributed by atoms with van der Waals surface area (Å²) in [6, 6.07) is 7.01. The van der Waals surface area contributed by atoms with E-state index in [1.54, 1.807) is 25.1 Å². The lowest BCUT2D eigenvalue weighted by molar-refractivity contribution is 0.195. The third kappa shape index (κ3) is 2.54. The number of carbonyl (C=O) groups excluding carboxylic acids is 1. The highest BCUT2D eigenvalue weighted by molar-refractivity contribution is 7.58. The van der Waals surface area contributed by atoms with Gasteiger partial charge in [0.25, 0.3) is 0 Å². The molecule has 0 fully saturated rings. The van der Waals surface area contributed by atoms with Gasteiger partial charge in [-0.25, -0.2) is 4.52 Å². The SMILES string of the molecule is COC(=O)[P+](=O)Oc1ccccc1C. The number of hydrogen-bond donors (Lipinski definition) is 0. The van der Waals surface area contributed by atoms with E-state index in [4.69, 9.17) is 4.52 Å². The predicted molar refractivity (Wildman–Crippen MR) is 51.8 cm³/mol. The molecule has 0 saturated carbocycles. The van der Waals surface area contributed by atoms with E-state index in [0.29, 0.717) is 5.75 Å². The van der Waals surface area contributed by atoms with E-state index in [0.717, 1.165) is 12.7 Å². The van der Waals surface area contributed by atoms with Crippen molar-refractivity contribution < 1.29 is 18.6 Å². The Kier molecular flexibility index (Phi) is 3.60. The van der Waals surface area contributed by atoms with Gasteiger partial charge in [-0.15, -0.1) is 0 Å². The van der Waals surface area contributed by atoms with Crippen LogP contribution in [0.25, 0.3) is 0 Å². The summed E-state index contributed by atoms with van der Waals surface area (Å²) >= 11 is 0. The molecule has 0 aliphatic heterocycles. The van der Waals surface area contributed by atoms with Crippen LogP contribution in [0, 0.1) is 6.92 Å². The Hall–Kier alpha value is -1.41. The normalized spacial score (nSPS) is 10.6. The van der Waals surface area contributed by atoms with Crippen LogP contribution in [-0.4, -0.2) is 12.8 Å². The van der Waals surface area contributed by atoms with E-state index in [9.17, 15) is 9.36 Å². The first-order valence-electron chi connectivity index (χ1n) is 3.94. The number of carbonyl (C=O) groups is 1. The van der Waals surface area contributed by atoms with Gasteiger partial charge >= 0.3 is 13.7 Å². The van der Waals surface area contributed by atoms with Crippen molar-refractivity contribution >= 4 is 13.7 Å². The number of benzene rings is 1. The van der Waals surface area contributed by atoms with Gasteiger partial charge in [0.05, 0.1) is 7.11 Å². The molecule has 14 heavy (non-hydrogen) atoms. The monoisotopic (exact) mass is 213 g/mol. The van der Waals surface area contributed by atoms with E-state index in [-0.39, 0.29) is 0 Å². The van der Waals surface area contributed by atoms with Gasteiger partial charge in [0, 0.05) is 0 Å². The number of rotatable bonds is 3. The van der Waals surface area contributed by atoms with Gasteiger partial charge in [0.2, 0.25) is 0 Å². The van der Waals surface area contributed by atoms with Crippen molar-refractivity contribution in [3.05, 3.63) is 29.8 Å². The maximum atomic E-state index is 11.1. The molecule has 0 spiro atoms. The molecular weight excluding hydrogens is 203 g/mol. The van der Waals surface area contributed by atoms with Gasteiger partial charge in [0.15, 0.2) is 5.75 Å². The molecular formula is C9H10O4P+. The largest absolute Gasteiger partial charge is 0.684 e. The van der Waals surface area contributed by atoms with Crippen LogP contribution in [0.3, 0.4) is 0 Å². The number of methoxy groups -OCH3 is 1. The number of para-hydroxylation sites is 1. The Morgan fingerprint density at radius 1 is 1.36 bits per heavy atom. The third-order valence-electron chi connectivity index (χ3n) is 1.60. The minimum Gasteiger partial charge on any atom is -0.428 e. The molecule has 1 atom stereocenters. The van der Waals surface area contributed by atoms with Crippen molar-refractivity contribution in [1.29, 1.82) is 0 Å². The molecule has 5 heteroatoms. The molecule has 0 aromatic heterocycles. The lowest BCUT2D eigenvalue weighted by Gasteiger charge is -1.96. The molecule has 1 unspecified atom stereocenters. The number of hydrogen-bond acceptors (Lipinski definition) is 4. The molecule has 0 heterocycles. The van der Waals surface area contributed by atoms with Crippen molar-refractivity contribution in [3.8, 4) is 5.75 Å². The van der Waals surface area contributed by atoms with Crippen LogP contribution in [0.4, 0.5) is 4.79 Å². The smallest absolute Gasteiger partial charge is 0.428 e. The summed E-state index contributed by atoms with van der Waals surface area (Å²) in [6.45, 7) is 1.80. The minimum absolute atomic E-state index is 0.430. The third-order valence-corrected chi connectivity index (χ3v) is 2.44. The highest BCUT2D eigenvalue weighted by atomic mass is 31.1. The van der Waals surface area contributed by atoms with Crippen molar-refractivity contribution in [2.45, 2.75) is 6.92 Å². The first-order chi connectivity index (χ1) is 6.65. The zero-order chi connectivity index (χ0) is 10.6. The first kappa shape index (κ1) is 10.7. The van der Waals surface area contributed by atoms with Crippen molar-refractivity contribution in [3.63, 3.8) is 0 Å². The molecule has 1 aromatic carbocycles. The van der Waals surface area contributed by atoms with Gasteiger partial charge in [-0.2, -0.15) is 4.79 Å². The topological polar surface area (TPSA) is 52.6 Å². The zero-order valence-electron chi connectivity index (χ0n) is 7.89. The molecule has 0 amide bonds. The average Bonchev–Trinajstić information content (AvgIpc) is 2.20. The minimum atomic E-state index is -2.45. The highest BCUT2D eigenvalue weighted by Crippen LogP contribution is 2.30. The fourth-order valence-corrected chi connectivity index (χ4v) is 1.47. The predicted octanol–water partition coefficient (Wildman–Crippen LogP) is 2.88. The molecule has 0 aliphatic carbocycles. The van der Waals surface area contributed by atoms with Crippen LogP contribution in [0.5, 0.6) is 5.75 Å². The standard InChI is InChI=1S/C9H10O4P/c1-7-5-3-4-6-8(7)13-14(11)9(10)12-2/h3-6H,1-2H3/q+1. The first-order valence-corrected chi connectivity index (χ1v) is 5.11. The van der Waals surface area contributed by atoms with Gasteiger partial charge in [-0.3, -0.25) is 0 Å². The Morgan fingerprint density at radius 2 is 2.00 bits per heavy atom. The highest BCUT2D eigenvalue weighted by Gasteiger charge is 2.34. The van der Waals surface area contributed by atoms with Crippen molar-refractivity contribution in [2.24, 2.45) is 0 Å². The summed E-state index contributed by atoms with van der Waals surface area (Å²) in [7, 11) is -1.28. The van der Waals surface area contributed by atoms with Gasteiger partial charge in [0.1, 0.15) is 0 Å². The molecule has 0 bridgehead atoms. The second kappa shape index (κ2) is 4.72. The van der Waals surface area contributed by atoms with E-state index in [1.165, 1.54) is 0 Å². The Morgan fingerprint density at radius 3 is 2.57 bits per heavy atom. The summed E-state index contributed by atoms with van der Waals surface area (Å²) in [6.07, 6.45) is 0. The fraction of sp³-hybridized carbons (Fsp3) is 0.222. The maximum absolute atomic E-state index is 11.1. The van der Waals surface area contributed by atoms with Crippen LogP contribution in [0.15, 0.2) is 24.3 Å². The number of ether oxygens (including phenoxy) is 1. The van der Waals surface area contributed by atoms with E-state index in [1.807, 2.05) is 6.07 Å². The Bertz CT molecular complexity index is 362. The van der Waals surface area contributed by atoms with Gasteiger partial charge < -0.3 is 4.74 Å². The fourth-order valence-electron chi connectivity index (χ4n) is 0.860. The molecule has 4 nitrogen and oxygen atoms in total. The van der Waals surface area contributed by atoms with Crippen LogP contribution < -0.4 is 4.52 Å². The Balaban J connectivity index is 2.75. The summed E-state index contributed by atoms with van der Waals surface area (Å²) in [5, 5.41) is 0. The van der Waals surface area contributed by atoms with Crippen LogP contribution >= 0.6 is 8.03 Å². The molecule has 0 radical (unpaired) electrons. The average molecular weight is 213 g/mol. The van der Waals surface area contributed by atoms with Crippen molar-refractivity contribution in [1.82, 2.24) is 0 Å². The lowest BCUT2D eigenvalue weighted by Crippen LogP contribution is -1.95.